The fraction of sp³-hybridized carbons (Fsp3) is 0.619. The molecule has 28 heavy (non-hydrogen) atoms. The minimum absolute atomic E-state index is 0. The molecule has 3 rings (SSSR count). The lowest BCUT2D eigenvalue weighted by Gasteiger charge is -2.30. The average Bonchev–Trinajstić information content (AvgIpc) is 3.48. The largest absolute Gasteiger partial charge is 0.356 e. The molecule has 1 aromatic rings. The van der Waals surface area contributed by atoms with E-state index in [1.807, 2.05) is 6.07 Å². The minimum Gasteiger partial charge on any atom is -0.356 e. The molecule has 2 aliphatic rings. The Hall–Kier alpha value is -1.38. The van der Waals surface area contributed by atoms with Gasteiger partial charge in [-0.15, -0.1) is 24.0 Å². The third kappa shape index (κ3) is 7.56. The zero-order valence-electron chi connectivity index (χ0n) is 16.5. The molecule has 0 saturated heterocycles. The zero-order valence-corrected chi connectivity index (χ0v) is 18.9. The van der Waals surface area contributed by atoms with E-state index in [0.29, 0.717) is 6.04 Å². The van der Waals surface area contributed by atoms with Crippen LogP contribution in [0.3, 0.4) is 0 Å². The monoisotopic (exact) mass is 502 g/mol. The maximum Gasteiger partial charge on any atom is 0.223 e. The summed E-state index contributed by atoms with van der Waals surface area (Å²) in [5.74, 6) is 0.933. The van der Waals surface area contributed by atoms with Gasteiger partial charge < -0.3 is 16.0 Å². The number of halogens is 2. The molecule has 5 nitrogen and oxygen atoms in total. The highest BCUT2D eigenvalue weighted by atomic mass is 127. The number of carbonyl (C=O) groups excluding carboxylic acids is 1. The predicted molar refractivity (Wildman–Crippen MR) is 122 cm³/mol. The predicted octanol–water partition coefficient (Wildman–Crippen LogP) is 3.38. The van der Waals surface area contributed by atoms with Gasteiger partial charge in [-0.05, 0) is 62.6 Å². The van der Waals surface area contributed by atoms with Crippen molar-refractivity contribution in [1.82, 2.24) is 16.0 Å². The van der Waals surface area contributed by atoms with Crippen LogP contribution in [0.2, 0.25) is 0 Å². The number of benzene rings is 1. The second kappa shape index (κ2) is 11.6. The van der Waals surface area contributed by atoms with Gasteiger partial charge in [-0.1, -0.05) is 18.6 Å². The zero-order chi connectivity index (χ0) is 19.1. The quantitative estimate of drug-likeness (QED) is 0.232. The molecule has 2 atom stereocenters. The molecule has 2 aliphatic carbocycles. The summed E-state index contributed by atoms with van der Waals surface area (Å²) < 4.78 is 13.2. The number of guanidine groups is 1. The molecule has 0 heterocycles. The summed E-state index contributed by atoms with van der Waals surface area (Å²) in [7, 11) is 1.77. The summed E-state index contributed by atoms with van der Waals surface area (Å²) in [6.45, 7) is 0.772. The lowest BCUT2D eigenvalue weighted by Crippen LogP contribution is -2.47. The first kappa shape index (κ1) is 22.9. The van der Waals surface area contributed by atoms with Crippen molar-refractivity contribution in [2.75, 3.05) is 13.6 Å². The molecule has 2 fully saturated rings. The third-order valence-corrected chi connectivity index (χ3v) is 5.36. The van der Waals surface area contributed by atoms with E-state index in [1.54, 1.807) is 19.2 Å². The van der Waals surface area contributed by atoms with Crippen LogP contribution in [-0.4, -0.2) is 37.5 Å². The summed E-state index contributed by atoms with van der Waals surface area (Å²) in [6, 6.07) is 7.46. The standard InChI is InChI=1S/C21H31FN4O.HI/c1-23-21(24-12-4-6-15-5-2-8-17(22)13-15)26-19-9-3-7-16(14-19)20(27)25-18-10-11-18;/h2,5,8,13,16,18-19H,3-4,6-7,9-12,14H2,1H3,(H,25,27)(H2,23,24,26);1H. The summed E-state index contributed by atoms with van der Waals surface area (Å²) in [5.41, 5.74) is 1.01. The molecule has 7 heteroatoms. The average molecular weight is 502 g/mol. The van der Waals surface area contributed by atoms with Crippen molar-refractivity contribution in [3.8, 4) is 0 Å². The summed E-state index contributed by atoms with van der Waals surface area (Å²) >= 11 is 0. The van der Waals surface area contributed by atoms with Crippen molar-refractivity contribution in [1.29, 1.82) is 0 Å². The molecular formula is C21H32FIN4O. The Morgan fingerprint density at radius 1 is 1.18 bits per heavy atom. The van der Waals surface area contributed by atoms with Crippen molar-refractivity contribution in [2.45, 2.75) is 63.5 Å². The van der Waals surface area contributed by atoms with Gasteiger partial charge in [0.25, 0.3) is 0 Å². The second-order valence-corrected chi connectivity index (χ2v) is 7.72. The molecule has 0 aromatic heterocycles. The van der Waals surface area contributed by atoms with E-state index in [1.165, 1.54) is 6.07 Å². The summed E-state index contributed by atoms with van der Waals surface area (Å²) in [5, 5.41) is 9.93. The molecule has 2 unspecified atom stereocenters. The van der Waals surface area contributed by atoms with Crippen LogP contribution in [0.25, 0.3) is 0 Å². The van der Waals surface area contributed by atoms with Crippen molar-refractivity contribution < 1.29 is 9.18 Å². The number of aryl methyl sites for hydroxylation is 1. The van der Waals surface area contributed by atoms with Crippen LogP contribution in [0.5, 0.6) is 0 Å². The first-order chi connectivity index (χ1) is 13.1. The van der Waals surface area contributed by atoms with E-state index in [4.69, 9.17) is 0 Å². The Morgan fingerprint density at radius 3 is 2.71 bits per heavy atom. The van der Waals surface area contributed by atoms with Crippen LogP contribution < -0.4 is 16.0 Å². The Kier molecular flexibility index (Phi) is 9.47. The Balaban J connectivity index is 0.00000280. The van der Waals surface area contributed by atoms with Gasteiger partial charge in [0.2, 0.25) is 5.91 Å². The summed E-state index contributed by atoms with van der Waals surface area (Å²) in [4.78, 5) is 16.6. The van der Waals surface area contributed by atoms with Crippen molar-refractivity contribution in [3.63, 3.8) is 0 Å². The molecule has 1 aromatic carbocycles. The minimum atomic E-state index is -0.185. The van der Waals surface area contributed by atoms with E-state index in [0.717, 1.165) is 69.4 Å². The normalized spacial score (nSPS) is 22.1. The van der Waals surface area contributed by atoms with Crippen LogP contribution in [-0.2, 0) is 11.2 Å². The fourth-order valence-electron chi connectivity index (χ4n) is 3.69. The maximum absolute atomic E-state index is 13.2. The van der Waals surface area contributed by atoms with E-state index in [9.17, 15) is 9.18 Å². The van der Waals surface area contributed by atoms with E-state index in [2.05, 4.69) is 20.9 Å². The Bertz CT molecular complexity index is 666. The molecule has 0 bridgehead atoms. The summed E-state index contributed by atoms with van der Waals surface area (Å²) in [6.07, 6.45) is 7.97. The number of amides is 1. The number of nitrogens with zero attached hydrogens (tertiary/aromatic N) is 1. The Labute approximate surface area is 184 Å². The van der Waals surface area contributed by atoms with Gasteiger partial charge in [0, 0.05) is 31.6 Å². The molecule has 156 valence electrons. The van der Waals surface area contributed by atoms with Gasteiger partial charge >= 0.3 is 0 Å². The topological polar surface area (TPSA) is 65.5 Å². The number of nitrogens with one attached hydrogen (secondary N) is 3. The van der Waals surface area contributed by atoms with Crippen LogP contribution in [0, 0.1) is 11.7 Å². The van der Waals surface area contributed by atoms with E-state index < -0.39 is 0 Å². The van der Waals surface area contributed by atoms with Crippen LogP contribution in [0.15, 0.2) is 29.3 Å². The smallest absolute Gasteiger partial charge is 0.223 e. The highest BCUT2D eigenvalue weighted by Gasteiger charge is 2.31. The van der Waals surface area contributed by atoms with E-state index in [-0.39, 0.29) is 47.7 Å². The number of rotatable bonds is 7. The van der Waals surface area contributed by atoms with Crippen molar-refractivity contribution in [3.05, 3.63) is 35.6 Å². The van der Waals surface area contributed by atoms with Crippen LogP contribution in [0.4, 0.5) is 4.39 Å². The molecule has 1 amide bonds. The first-order valence-corrected chi connectivity index (χ1v) is 10.2. The molecule has 0 aliphatic heterocycles. The van der Waals surface area contributed by atoms with Gasteiger partial charge in [-0.25, -0.2) is 4.39 Å². The number of carbonyl (C=O) groups is 1. The van der Waals surface area contributed by atoms with Crippen LogP contribution >= 0.6 is 24.0 Å². The molecule has 3 N–H and O–H groups in total. The first-order valence-electron chi connectivity index (χ1n) is 10.2. The van der Waals surface area contributed by atoms with Gasteiger partial charge in [0.05, 0.1) is 0 Å². The van der Waals surface area contributed by atoms with Gasteiger partial charge in [-0.3, -0.25) is 9.79 Å². The lowest BCUT2D eigenvalue weighted by molar-refractivity contribution is -0.126. The van der Waals surface area contributed by atoms with Crippen LogP contribution in [0.1, 0.15) is 50.5 Å². The molecule has 0 spiro atoms. The number of hydrogen-bond donors (Lipinski definition) is 3. The van der Waals surface area contributed by atoms with Crippen molar-refractivity contribution in [2.24, 2.45) is 10.9 Å². The lowest BCUT2D eigenvalue weighted by atomic mass is 9.85. The number of hydrogen-bond acceptors (Lipinski definition) is 2. The Morgan fingerprint density at radius 2 is 2.00 bits per heavy atom. The molecule has 0 radical (unpaired) electrons. The highest BCUT2D eigenvalue weighted by molar-refractivity contribution is 14.0. The SMILES string of the molecule is CN=C(NCCCc1cccc(F)c1)NC1CCCC(C(=O)NC2CC2)C1.I. The van der Waals surface area contributed by atoms with Crippen molar-refractivity contribution >= 4 is 35.8 Å². The molecule has 2 saturated carbocycles. The molecular weight excluding hydrogens is 470 g/mol. The fourth-order valence-corrected chi connectivity index (χ4v) is 3.69. The van der Waals surface area contributed by atoms with Gasteiger partial charge in [0.1, 0.15) is 5.82 Å². The maximum atomic E-state index is 13.2. The van der Waals surface area contributed by atoms with Gasteiger partial charge in [-0.2, -0.15) is 0 Å². The van der Waals surface area contributed by atoms with Gasteiger partial charge in [0.15, 0.2) is 5.96 Å². The third-order valence-electron chi connectivity index (χ3n) is 5.36. The number of aliphatic imine (C=N–C) groups is 1. The van der Waals surface area contributed by atoms with E-state index >= 15 is 0 Å². The highest BCUT2D eigenvalue weighted by Crippen LogP contribution is 2.26. The second-order valence-electron chi connectivity index (χ2n) is 7.72.